The summed E-state index contributed by atoms with van der Waals surface area (Å²) in [6.45, 7) is 6.27. The van der Waals surface area contributed by atoms with Crippen LogP contribution >= 0.6 is 0 Å². The molecule has 162 valence electrons. The van der Waals surface area contributed by atoms with Crippen LogP contribution in [-0.4, -0.2) is 29.6 Å². The third-order valence-corrected chi connectivity index (χ3v) is 7.29. The van der Waals surface area contributed by atoms with E-state index < -0.39 is 0 Å². The van der Waals surface area contributed by atoms with Crippen molar-refractivity contribution in [1.29, 1.82) is 0 Å². The molecule has 0 spiro atoms. The van der Waals surface area contributed by atoms with Crippen molar-refractivity contribution in [2.45, 2.75) is 71.4 Å². The molecule has 0 N–H and O–H groups in total. The third kappa shape index (κ3) is 3.77. The molecule has 3 aromatic rings. The number of fused-ring (bicyclic) bond motifs is 2. The predicted octanol–water partition coefficient (Wildman–Crippen LogP) is 5.83. The van der Waals surface area contributed by atoms with Crippen molar-refractivity contribution in [2.75, 3.05) is 23.4 Å². The molecule has 0 unspecified atom stereocenters. The highest BCUT2D eigenvalue weighted by Gasteiger charge is 2.28. The second-order valence-electron chi connectivity index (χ2n) is 9.27. The van der Waals surface area contributed by atoms with Gasteiger partial charge in [0.15, 0.2) is 0 Å². The largest absolute Gasteiger partial charge is 0.365 e. The maximum absolute atomic E-state index is 5.04. The molecular weight excluding hydrogens is 380 g/mol. The average molecular weight is 415 g/mol. The van der Waals surface area contributed by atoms with Crippen LogP contribution in [0.1, 0.15) is 61.7 Å². The molecule has 1 fully saturated rings. The third-order valence-electron chi connectivity index (χ3n) is 7.29. The fraction of sp³-hybridized carbons (Fsp3) is 0.481. The Kier molecular flexibility index (Phi) is 5.56. The van der Waals surface area contributed by atoms with Crippen molar-refractivity contribution < 1.29 is 0 Å². The monoisotopic (exact) mass is 414 g/mol. The fourth-order valence-corrected chi connectivity index (χ4v) is 5.53. The lowest BCUT2D eigenvalue weighted by atomic mass is 9.93. The highest BCUT2D eigenvalue weighted by Crippen LogP contribution is 2.35. The number of aryl methyl sites for hydroxylation is 2. The Morgan fingerprint density at radius 3 is 2.58 bits per heavy atom. The van der Waals surface area contributed by atoms with E-state index in [0.717, 1.165) is 31.8 Å². The summed E-state index contributed by atoms with van der Waals surface area (Å²) in [5, 5.41) is 2.69. The predicted molar refractivity (Wildman–Crippen MR) is 130 cm³/mol. The lowest BCUT2D eigenvalue weighted by Crippen LogP contribution is -2.38. The molecule has 4 nitrogen and oxygen atoms in total. The number of hydrogen-bond donors (Lipinski definition) is 0. The summed E-state index contributed by atoms with van der Waals surface area (Å²) < 4.78 is 0. The van der Waals surface area contributed by atoms with Crippen LogP contribution in [0.4, 0.5) is 11.5 Å². The first-order chi connectivity index (χ1) is 15.2. The lowest BCUT2D eigenvalue weighted by Gasteiger charge is -2.37. The molecule has 2 aliphatic rings. The molecule has 4 heteroatoms. The Morgan fingerprint density at radius 2 is 1.81 bits per heavy atom. The Bertz CT molecular complexity index is 1080. The molecule has 1 aromatic heterocycles. The molecule has 2 heterocycles. The molecule has 0 amide bonds. The minimum absolute atomic E-state index is 0.621. The zero-order chi connectivity index (χ0) is 21.4. The highest BCUT2D eigenvalue weighted by atomic mass is 15.2. The van der Waals surface area contributed by atoms with Crippen molar-refractivity contribution in [1.82, 2.24) is 9.97 Å². The number of rotatable bonds is 4. The first kappa shape index (κ1) is 20.3. The summed E-state index contributed by atoms with van der Waals surface area (Å²) in [5.41, 5.74) is 5.27. The zero-order valence-electron chi connectivity index (χ0n) is 19.2. The molecule has 1 aliphatic heterocycles. The Hall–Kier alpha value is -2.62. The van der Waals surface area contributed by atoms with Gasteiger partial charge in [-0.3, -0.25) is 0 Å². The summed E-state index contributed by atoms with van der Waals surface area (Å²) in [4.78, 5) is 15.1. The topological polar surface area (TPSA) is 32.3 Å². The van der Waals surface area contributed by atoms with Crippen molar-refractivity contribution in [2.24, 2.45) is 0 Å². The fourth-order valence-electron chi connectivity index (χ4n) is 5.53. The molecule has 5 rings (SSSR count). The van der Waals surface area contributed by atoms with Gasteiger partial charge in [0, 0.05) is 42.7 Å². The van der Waals surface area contributed by atoms with Crippen LogP contribution in [0.25, 0.3) is 10.8 Å². The van der Waals surface area contributed by atoms with E-state index in [1.807, 2.05) is 0 Å². The van der Waals surface area contributed by atoms with Crippen molar-refractivity contribution in [3.63, 3.8) is 0 Å². The lowest BCUT2D eigenvalue weighted by molar-refractivity contribution is 0.424. The zero-order valence-corrected chi connectivity index (χ0v) is 19.2. The summed E-state index contributed by atoms with van der Waals surface area (Å²) >= 11 is 0. The Balaban J connectivity index is 1.52. The Labute approximate surface area is 186 Å². The molecular formula is C27H34N4. The van der Waals surface area contributed by atoms with E-state index in [1.54, 1.807) is 0 Å². The second-order valence-corrected chi connectivity index (χ2v) is 9.27. The first-order valence-electron chi connectivity index (χ1n) is 12.0. The van der Waals surface area contributed by atoms with Crippen LogP contribution in [0.5, 0.6) is 0 Å². The van der Waals surface area contributed by atoms with Crippen LogP contribution in [0.3, 0.4) is 0 Å². The normalized spacial score (nSPS) is 17.1. The Morgan fingerprint density at radius 1 is 1.03 bits per heavy atom. The van der Waals surface area contributed by atoms with Crippen LogP contribution in [0, 0.1) is 6.92 Å². The van der Waals surface area contributed by atoms with E-state index in [1.165, 1.54) is 71.2 Å². The van der Waals surface area contributed by atoms with Crippen molar-refractivity contribution >= 4 is 22.3 Å². The molecule has 2 aromatic carbocycles. The standard InChI is InChI=1S/C27H34N4/c1-4-25-28-23-18-31(24-15-9-12-20-11-8-10-19(2)26(20)24)17-16-22(23)27(29-25)30(3)21-13-6-5-7-14-21/h8-12,15,21H,4-7,13-14,16-18H2,1-3H3. The van der Waals surface area contributed by atoms with Gasteiger partial charge in [0.05, 0.1) is 12.2 Å². The van der Waals surface area contributed by atoms with Crippen LogP contribution in [-0.2, 0) is 19.4 Å². The van der Waals surface area contributed by atoms with Gasteiger partial charge in [-0.15, -0.1) is 0 Å². The molecule has 0 radical (unpaired) electrons. The number of nitrogens with zero attached hydrogens (tertiary/aromatic N) is 4. The number of hydrogen-bond acceptors (Lipinski definition) is 4. The van der Waals surface area contributed by atoms with Crippen LogP contribution < -0.4 is 9.80 Å². The van der Waals surface area contributed by atoms with E-state index in [0.29, 0.717) is 6.04 Å². The SMILES string of the molecule is CCc1nc2c(c(N(C)C3CCCCC3)n1)CCN(c1cccc3cccc(C)c13)C2. The van der Waals surface area contributed by atoms with Crippen molar-refractivity contribution in [3.8, 4) is 0 Å². The van der Waals surface area contributed by atoms with Gasteiger partial charge in [0.1, 0.15) is 11.6 Å². The van der Waals surface area contributed by atoms with Crippen LogP contribution in [0.2, 0.25) is 0 Å². The minimum Gasteiger partial charge on any atom is -0.365 e. The molecule has 1 aliphatic carbocycles. The minimum atomic E-state index is 0.621. The van der Waals surface area contributed by atoms with Gasteiger partial charge in [-0.25, -0.2) is 9.97 Å². The number of benzene rings is 2. The number of aromatic nitrogens is 2. The smallest absolute Gasteiger partial charge is 0.135 e. The van der Waals surface area contributed by atoms with E-state index >= 15 is 0 Å². The van der Waals surface area contributed by atoms with Gasteiger partial charge in [0.2, 0.25) is 0 Å². The van der Waals surface area contributed by atoms with Gasteiger partial charge >= 0.3 is 0 Å². The first-order valence-corrected chi connectivity index (χ1v) is 12.0. The van der Waals surface area contributed by atoms with E-state index in [9.17, 15) is 0 Å². The maximum Gasteiger partial charge on any atom is 0.135 e. The second kappa shape index (κ2) is 8.49. The molecule has 0 atom stereocenters. The molecule has 1 saturated carbocycles. The number of anilines is 2. The summed E-state index contributed by atoms with van der Waals surface area (Å²) in [7, 11) is 2.26. The highest BCUT2D eigenvalue weighted by molar-refractivity contribution is 5.97. The van der Waals surface area contributed by atoms with Gasteiger partial charge in [-0.2, -0.15) is 0 Å². The van der Waals surface area contributed by atoms with E-state index in [2.05, 4.69) is 67.1 Å². The molecule has 0 saturated heterocycles. The van der Waals surface area contributed by atoms with Gasteiger partial charge in [-0.1, -0.05) is 56.5 Å². The van der Waals surface area contributed by atoms with Crippen molar-refractivity contribution in [3.05, 3.63) is 59.0 Å². The van der Waals surface area contributed by atoms with Crippen LogP contribution in [0.15, 0.2) is 36.4 Å². The van der Waals surface area contributed by atoms with Gasteiger partial charge in [-0.05, 0) is 43.2 Å². The van der Waals surface area contributed by atoms with E-state index in [-0.39, 0.29) is 0 Å². The maximum atomic E-state index is 5.04. The summed E-state index contributed by atoms with van der Waals surface area (Å²) in [6, 6.07) is 13.9. The average Bonchev–Trinajstić information content (AvgIpc) is 2.83. The summed E-state index contributed by atoms with van der Waals surface area (Å²) in [5.74, 6) is 2.18. The van der Waals surface area contributed by atoms with E-state index in [4.69, 9.17) is 9.97 Å². The summed E-state index contributed by atoms with van der Waals surface area (Å²) in [6.07, 6.45) is 8.54. The molecule has 0 bridgehead atoms. The molecule has 31 heavy (non-hydrogen) atoms. The van der Waals surface area contributed by atoms with Gasteiger partial charge in [0.25, 0.3) is 0 Å². The quantitative estimate of drug-likeness (QED) is 0.537. The van der Waals surface area contributed by atoms with Gasteiger partial charge < -0.3 is 9.80 Å².